The molecule has 142 valence electrons. The van der Waals surface area contributed by atoms with Crippen LogP contribution in [0.4, 0.5) is 5.69 Å². The van der Waals surface area contributed by atoms with Crippen molar-refractivity contribution in [3.05, 3.63) is 58.7 Å². The third kappa shape index (κ3) is 8.56. The van der Waals surface area contributed by atoms with Crippen LogP contribution in [0.1, 0.15) is 63.7 Å². The summed E-state index contributed by atoms with van der Waals surface area (Å²) in [5.41, 5.74) is 10.5. The number of allylic oxidation sites excluding steroid dienone is 5. The van der Waals surface area contributed by atoms with Crippen molar-refractivity contribution in [2.45, 2.75) is 53.4 Å². The first-order valence-corrected chi connectivity index (χ1v) is 9.00. The largest absolute Gasteiger partial charge is 0.487 e. The fraction of sp³-hybridized carbons (Fsp3) is 0.409. The number of benzene rings is 1. The molecule has 0 saturated heterocycles. The van der Waals surface area contributed by atoms with Gasteiger partial charge in [0.15, 0.2) is 0 Å². The van der Waals surface area contributed by atoms with E-state index in [0.29, 0.717) is 18.0 Å². The van der Waals surface area contributed by atoms with Crippen LogP contribution in [0, 0.1) is 0 Å². The highest BCUT2D eigenvalue weighted by molar-refractivity contribution is 5.89. The van der Waals surface area contributed by atoms with E-state index < -0.39 is 5.97 Å². The number of carboxylic acid groups (broad SMARTS) is 1. The molecule has 1 rings (SSSR count). The fourth-order valence-electron chi connectivity index (χ4n) is 2.40. The first-order chi connectivity index (χ1) is 12.3. The molecule has 0 aliphatic heterocycles. The molecule has 0 radical (unpaired) electrons. The second-order valence-electron chi connectivity index (χ2n) is 6.83. The molecule has 0 unspecified atom stereocenters. The van der Waals surface area contributed by atoms with Crippen LogP contribution >= 0.6 is 0 Å². The Labute approximate surface area is 157 Å². The summed E-state index contributed by atoms with van der Waals surface area (Å²) in [6.07, 6.45) is 10.8. The van der Waals surface area contributed by atoms with Gasteiger partial charge in [0.1, 0.15) is 12.4 Å². The summed E-state index contributed by atoms with van der Waals surface area (Å²) in [6.45, 7) is 8.88. The normalized spacial score (nSPS) is 12.0. The third-order valence-electron chi connectivity index (χ3n) is 4.05. The van der Waals surface area contributed by atoms with E-state index in [1.807, 2.05) is 6.08 Å². The van der Waals surface area contributed by atoms with Crippen molar-refractivity contribution < 1.29 is 14.6 Å². The lowest BCUT2D eigenvalue weighted by Gasteiger charge is -2.08. The quantitative estimate of drug-likeness (QED) is 0.412. The summed E-state index contributed by atoms with van der Waals surface area (Å²) in [5.74, 6) is -0.586. The number of nitrogen functional groups attached to an aromatic ring is 1. The number of hydrogen-bond acceptors (Lipinski definition) is 3. The number of nitrogens with two attached hydrogens (primary N) is 1. The Hall–Kier alpha value is -2.49. The zero-order valence-corrected chi connectivity index (χ0v) is 16.3. The average molecular weight is 357 g/mol. The highest BCUT2D eigenvalue weighted by Gasteiger charge is 2.07. The molecule has 0 heterocycles. The monoisotopic (exact) mass is 357 g/mol. The minimum absolute atomic E-state index is 0.170. The Morgan fingerprint density at radius 2 is 1.65 bits per heavy atom. The van der Waals surface area contributed by atoms with E-state index >= 15 is 0 Å². The minimum Gasteiger partial charge on any atom is -0.487 e. The van der Waals surface area contributed by atoms with Gasteiger partial charge in [-0.25, -0.2) is 4.79 Å². The van der Waals surface area contributed by atoms with E-state index in [-0.39, 0.29) is 5.56 Å². The fourth-order valence-corrected chi connectivity index (χ4v) is 2.40. The topological polar surface area (TPSA) is 72.5 Å². The molecule has 1 aromatic rings. The molecule has 0 spiro atoms. The van der Waals surface area contributed by atoms with Gasteiger partial charge in [-0.05, 0) is 77.7 Å². The van der Waals surface area contributed by atoms with Crippen LogP contribution in [-0.4, -0.2) is 17.7 Å². The van der Waals surface area contributed by atoms with Gasteiger partial charge in [-0.3, -0.25) is 0 Å². The number of carbonyl (C=O) groups is 1. The maximum Gasteiger partial charge on any atom is 0.335 e. The first-order valence-electron chi connectivity index (χ1n) is 9.00. The molecule has 0 amide bonds. The molecule has 0 saturated carbocycles. The molecular formula is C22H31NO3. The van der Waals surface area contributed by atoms with Crippen molar-refractivity contribution in [2.75, 3.05) is 12.3 Å². The molecule has 26 heavy (non-hydrogen) atoms. The Balaban J connectivity index is 2.44. The SMILES string of the molecule is CC(C)=CCC/C(C)=C/CC/C(C)=C/COc1cc(C(=O)O)ccc1N. The predicted molar refractivity (Wildman–Crippen MR) is 109 cm³/mol. The van der Waals surface area contributed by atoms with Gasteiger partial charge < -0.3 is 15.6 Å². The first kappa shape index (κ1) is 21.6. The summed E-state index contributed by atoms with van der Waals surface area (Å²) in [6, 6.07) is 4.48. The van der Waals surface area contributed by atoms with Crippen LogP contribution in [0.5, 0.6) is 5.75 Å². The predicted octanol–water partition coefficient (Wildman–Crippen LogP) is 5.77. The summed E-state index contributed by atoms with van der Waals surface area (Å²) in [7, 11) is 0. The van der Waals surface area contributed by atoms with Crippen LogP contribution in [0.15, 0.2) is 53.1 Å². The summed E-state index contributed by atoms with van der Waals surface area (Å²) in [5, 5.41) is 9.02. The van der Waals surface area contributed by atoms with Crippen molar-refractivity contribution in [3.63, 3.8) is 0 Å². The number of hydrogen-bond donors (Lipinski definition) is 2. The van der Waals surface area contributed by atoms with Crippen molar-refractivity contribution in [3.8, 4) is 5.75 Å². The Morgan fingerprint density at radius 3 is 2.27 bits per heavy atom. The molecule has 0 bridgehead atoms. The van der Waals surface area contributed by atoms with Crippen LogP contribution in [0.2, 0.25) is 0 Å². The van der Waals surface area contributed by atoms with E-state index in [9.17, 15) is 4.79 Å². The maximum atomic E-state index is 11.0. The lowest BCUT2D eigenvalue weighted by atomic mass is 10.1. The van der Waals surface area contributed by atoms with E-state index in [1.165, 1.54) is 28.9 Å². The van der Waals surface area contributed by atoms with Gasteiger partial charge in [0.2, 0.25) is 0 Å². The third-order valence-corrected chi connectivity index (χ3v) is 4.05. The van der Waals surface area contributed by atoms with Crippen LogP contribution < -0.4 is 10.5 Å². The molecule has 1 aromatic carbocycles. The van der Waals surface area contributed by atoms with Gasteiger partial charge >= 0.3 is 5.97 Å². The molecular weight excluding hydrogens is 326 g/mol. The summed E-state index contributed by atoms with van der Waals surface area (Å²) >= 11 is 0. The van der Waals surface area contributed by atoms with Crippen molar-refractivity contribution in [1.29, 1.82) is 0 Å². The van der Waals surface area contributed by atoms with Crippen molar-refractivity contribution in [1.82, 2.24) is 0 Å². The summed E-state index contributed by atoms with van der Waals surface area (Å²) < 4.78 is 5.61. The van der Waals surface area contributed by atoms with Crippen molar-refractivity contribution in [2.24, 2.45) is 0 Å². The molecule has 0 aliphatic rings. The number of aromatic carboxylic acids is 1. The maximum absolute atomic E-state index is 11.0. The molecule has 4 heteroatoms. The minimum atomic E-state index is -0.992. The molecule has 0 aromatic heterocycles. The molecule has 4 nitrogen and oxygen atoms in total. The Bertz CT molecular complexity index is 695. The second-order valence-corrected chi connectivity index (χ2v) is 6.83. The zero-order valence-electron chi connectivity index (χ0n) is 16.3. The van der Waals surface area contributed by atoms with Crippen LogP contribution in [-0.2, 0) is 0 Å². The number of carboxylic acids is 1. The van der Waals surface area contributed by atoms with Gasteiger partial charge in [-0.2, -0.15) is 0 Å². The average Bonchev–Trinajstić information content (AvgIpc) is 2.56. The van der Waals surface area contributed by atoms with Crippen LogP contribution in [0.25, 0.3) is 0 Å². The summed E-state index contributed by atoms with van der Waals surface area (Å²) in [4.78, 5) is 11.0. The Kier molecular flexibility index (Phi) is 9.27. The lowest BCUT2D eigenvalue weighted by Crippen LogP contribution is -2.02. The van der Waals surface area contributed by atoms with Crippen molar-refractivity contribution >= 4 is 11.7 Å². The Morgan fingerprint density at radius 1 is 1.04 bits per heavy atom. The number of ether oxygens (including phenoxy) is 1. The van der Waals surface area contributed by atoms with E-state index in [2.05, 4.69) is 39.8 Å². The number of rotatable bonds is 10. The van der Waals surface area contributed by atoms with Gasteiger partial charge in [-0.1, -0.05) is 28.9 Å². The van der Waals surface area contributed by atoms with Gasteiger partial charge in [-0.15, -0.1) is 0 Å². The van der Waals surface area contributed by atoms with Gasteiger partial charge in [0.05, 0.1) is 11.3 Å². The van der Waals surface area contributed by atoms with E-state index in [0.717, 1.165) is 25.7 Å². The van der Waals surface area contributed by atoms with Gasteiger partial charge in [0, 0.05) is 0 Å². The zero-order chi connectivity index (χ0) is 19.5. The standard InChI is InChI=1S/C22H31NO3/c1-16(2)7-5-8-17(3)9-6-10-18(4)13-14-26-21-15-19(22(24)25)11-12-20(21)23/h7,9,11-13,15H,5-6,8,10,14,23H2,1-4H3,(H,24,25)/b17-9+,18-13+. The second kappa shape index (κ2) is 11.2. The highest BCUT2D eigenvalue weighted by Crippen LogP contribution is 2.23. The van der Waals surface area contributed by atoms with E-state index in [4.69, 9.17) is 15.6 Å². The molecule has 0 aliphatic carbocycles. The lowest BCUT2D eigenvalue weighted by molar-refractivity contribution is 0.0696. The highest BCUT2D eigenvalue weighted by atomic mass is 16.5. The van der Waals surface area contributed by atoms with E-state index in [1.54, 1.807) is 6.07 Å². The smallest absolute Gasteiger partial charge is 0.335 e. The number of anilines is 1. The molecule has 3 N–H and O–H groups in total. The molecule has 0 atom stereocenters. The van der Waals surface area contributed by atoms with Gasteiger partial charge in [0.25, 0.3) is 0 Å². The molecule has 0 fully saturated rings. The van der Waals surface area contributed by atoms with Crippen LogP contribution in [0.3, 0.4) is 0 Å².